The molecule has 1 aliphatic rings. The predicted molar refractivity (Wildman–Crippen MR) is 141 cm³/mol. The van der Waals surface area contributed by atoms with E-state index in [4.69, 9.17) is 4.74 Å². The molecular formula is C27H35F3N4O4S. The van der Waals surface area contributed by atoms with E-state index in [1.807, 2.05) is 0 Å². The molecule has 0 saturated heterocycles. The standard InChI is InChI=1S/C27H35F3N4O4S/c1-6-34-24(20-12-9-18(13-22(20)38-4)14-26(2,3)27(28,29)30)21(15-31)23(33-34)25(35)32-16-17-7-10-19(11-8-17)39(5,36)37/h9,12-13,17,19H,6-8,10-11,14,16H2,1-5H3,(H,32,35). The maximum Gasteiger partial charge on any atom is 0.394 e. The van der Waals surface area contributed by atoms with Gasteiger partial charge in [0, 0.05) is 24.9 Å². The highest BCUT2D eigenvalue weighted by atomic mass is 32.2. The van der Waals surface area contributed by atoms with Crippen molar-refractivity contribution in [2.24, 2.45) is 11.3 Å². The Morgan fingerprint density at radius 3 is 2.38 bits per heavy atom. The molecule has 8 nitrogen and oxygen atoms in total. The summed E-state index contributed by atoms with van der Waals surface area (Å²) >= 11 is 0. The normalized spacial score (nSPS) is 18.4. The molecule has 3 rings (SSSR count). The van der Waals surface area contributed by atoms with E-state index in [1.54, 1.807) is 19.1 Å². The smallest absolute Gasteiger partial charge is 0.394 e. The van der Waals surface area contributed by atoms with Crippen LogP contribution in [0.4, 0.5) is 13.2 Å². The maximum atomic E-state index is 13.4. The second-order valence-corrected chi connectivity index (χ2v) is 13.1. The molecule has 1 fully saturated rings. The summed E-state index contributed by atoms with van der Waals surface area (Å²) in [5, 5.41) is 16.9. The summed E-state index contributed by atoms with van der Waals surface area (Å²) in [6.45, 7) is 4.73. The molecule has 0 atom stereocenters. The monoisotopic (exact) mass is 568 g/mol. The summed E-state index contributed by atoms with van der Waals surface area (Å²) in [5.74, 6) is -0.127. The number of benzene rings is 1. The molecule has 1 amide bonds. The van der Waals surface area contributed by atoms with Crippen LogP contribution < -0.4 is 10.1 Å². The summed E-state index contributed by atoms with van der Waals surface area (Å²) in [4.78, 5) is 13.1. The van der Waals surface area contributed by atoms with E-state index in [9.17, 15) is 31.6 Å². The van der Waals surface area contributed by atoms with Crippen molar-refractivity contribution in [2.75, 3.05) is 19.9 Å². The SMILES string of the molecule is CCn1nc(C(=O)NCC2CCC(S(C)(=O)=O)CC2)c(C#N)c1-c1ccc(CC(C)(C)C(F)(F)F)cc1OC. The Kier molecular flexibility index (Phi) is 9.05. The van der Waals surface area contributed by atoms with E-state index in [-0.39, 0.29) is 34.6 Å². The number of methoxy groups -OCH3 is 1. The van der Waals surface area contributed by atoms with Gasteiger partial charge in [-0.1, -0.05) is 19.9 Å². The molecule has 0 spiro atoms. The lowest BCUT2D eigenvalue weighted by Crippen LogP contribution is -2.34. The second kappa shape index (κ2) is 11.6. The van der Waals surface area contributed by atoms with Crippen molar-refractivity contribution in [3.63, 3.8) is 0 Å². The zero-order chi connectivity index (χ0) is 29.2. The molecule has 0 aliphatic heterocycles. The van der Waals surface area contributed by atoms with Crippen molar-refractivity contribution >= 4 is 15.7 Å². The average Bonchev–Trinajstić information content (AvgIpc) is 3.24. The molecule has 0 radical (unpaired) electrons. The molecule has 12 heteroatoms. The largest absolute Gasteiger partial charge is 0.496 e. The van der Waals surface area contributed by atoms with Gasteiger partial charge in [-0.15, -0.1) is 0 Å². The van der Waals surface area contributed by atoms with E-state index < -0.39 is 27.3 Å². The molecule has 1 aromatic carbocycles. The Morgan fingerprint density at radius 2 is 1.87 bits per heavy atom. The number of nitriles is 1. The van der Waals surface area contributed by atoms with E-state index in [2.05, 4.69) is 16.5 Å². The molecular weight excluding hydrogens is 533 g/mol. The fourth-order valence-corrected chi connectivity index (χ4v) is 6.09. The number of hydrogen-bond donors (Lipinski definition) is 1. The average molecular weight is 569 g/mol. The van der Waals surface area contributed by atoms with Gasteiger partial charge in [0.2, 0.25) is 0 Å². The van der Waals surface area contributed by atoms with E-state index >= 15 is 0 Å². The van der Waals surface area contributed by atoms with Crippen molar-refractivity contribution in [3.05, 3.63) is 35.0 Å². The topological polar surface area (TPSA) is 114 Å². The van der Waals surface area contributed by atoms with Gasteiger partial charge in [0.25, 0.3) is 5.91 Å². The highest BCUT2D eigenvalue weighted by Crippen LogP contribution is 2.42. The fraction of sp³-hybridized carbons (Fsp3) is 0.593. The number of nitrogens with zero attached hydrogens (tertiary/aromatic N) is 3. The molecule has 1 aromatic heterocycles. The number of aryl methyl sites for hydroxylation is 1. The van der Waals surface area contributed by atoms with Gasteiger partial charge in [-0.2, -0.15) is 23.5 Å². The van der Waals surface area contributed by atoms with Crippen molar-refractivity contribution in [2.45, 2.75) is 70.8 Å². The fourth-order valence-electron chi connectivity index (χ4n) is 4.97. The summed E-state index contributed by atoms with van der Waals surface area (Å²) in [7, 11) is -1.69. The van der Waals surface area contributed by atoms with Crippen LogP contribution in [0.1, 0.15) is 68.1 Å². The minimum Gasteiger partial charge on any atom is -0.496 e. The number of amides is 1. The lowest BCUT2D eigenvalue weighted by molar-refractivity contribution is -0.211. The summed E-state index contributed by atoms with van der Waals surface area (Å²) in [6.07, 6.45) is -0.954. The molecule has 1 heterocycles. The third kappa shape index (κ3) is 6.75. The Hall–Kier alpha value is -3.07. The first-order valence-electron chi connectivity index (χ1n) is 12.8. The van der Waals surface area contributed by atoms with Crippen LogP contribution in [0, 0.1) is 22.7 Å². The number of carbonyl (C=O) groups is 1. The van der Waals surface area contributed by atoms with Crippen LogP contribution in [-0.2, 0) is 22.8 Å². The van der Waals surface area contributed by atoms with Crippen molar-refractivity contribution in [3.8, 4) is 23.1 Å². The highest BCUT2D eigenvalue weighted by Gasteiger charge is 2.47. The molecule has 0 unspecified atom stereocenters. The number of aromatic nitrogens is 2. The summed E-state index contributed by atoms with van der Waals surface area (Å²) in [5.41, 5.74) is -0.757. The van der Waals surface area contributed by atoms with E-state index in [1.165, 1.54) is 24.1 Å². The molecule has 2 aromatic rings. The minimum absolute atomic E-state index is 0.0387. The van der Waals surface area contributed by atoms with Gasteiger partial charge in [-0.05, 0) is 62.6 Å². The molecule has 1 aliphatic carbocycles. The number of alkyl halides is 3. The van der Waals surface area contributed by atoms with Crippen LogP contribution in [0.2, 0.25) is 0 Å². The molecule has 1 N–H and O–H groups in total. The van der Waals surface area contributed by atoms with Gasteiger partial charge in [0.05, 0.1) is 23.5 Å². The molecule has 39 heavy (non-hydrogen) atoms. The number of hydrogen-bond acceptors (Lipinski definition) is 6. The predicted octanol–water partition coefficient (Wildman–Crippen LogP) is 4.91. The molecule has 214 valence electrons. The first kappa shape index (κ1) is 30.5. The van der Waals surface area contributed by atoms with Gasteiger partial charge in [-0.25, -0.2) is 8.42 Å². The highest BCUT2D eigenvalue weighted by molar-refractivity contribution is 7.91. The summed E-state index contributed by atoms with van der Waals surface area (Å²) in [6, 6.07) is 6.74. The van der Waals surface area contributed by atoms with Crippen LogP contribution in [-0.4, -0.2) is 55.4 Å². The van der Waals surface area contributed by atoms with Gasteiger partial charge in [-0.3, -0.25) is 9.48 Å². The summed E-state index contributed by atoms with van der Waals surface area (Å²) < 4.78 is 70.9. The Bertz CT molecular complexity index is 1350. The van der Waals surface area contributed by atoms with Crippen molar-refractivity contribution < 1.29 is 31.1 Å². The number of rotatable bonds is 9. The van der Waals surface area contributed by atoms with E-state index in [0.29, 0.717) is 55.6 Å². The lowest BCUT2D eigenvalue weighted by atomic mass is 9.84. The third-order valence-corrected chi connectivity index (χ3v) is 9.15. The quantitative estimate of drug-likeness (QED) is 0.460. The molecule has 0 bridgehead atoms. The zero-order valence-corrected chi connectivity index (χ0v) is 23.7. The third-order valence-electron chi connectivity index (χ3n) is 7.46. The van der Waals surface area contributed by atoms with Crippen molar-refractivity contribution in [1.82, 2.24) is 15.1 Å². The first-order chi connectivity index (χ1) is 18.1. The maximum absolute atomic E-state index is 13.4. The van der Waals surface area contributed by atoms with Gasteiger partial charge >= 0.3 is 6.18 Å². The van der Waals surface area contributed by atoms with Crippen LogP contribution in [0.25, 0.3) is 11.3 Å². The van der Waals surface area contributed by atoms with Gasteiger partial charge in [0.15, 0.2) is 5.69 Å². The van der Waals surface area contributed by atoms with E-state index in [0.717, 1.165) is 13.8 Å². The first-order valence-corrected chi connectivity index (χ1v) is 14.8. The van der Waals surface area contributed by atoms with Crippen LogP contribution in [0.15, 0.2) is 18.2 Å². The lowest BCUT2D eigenvalue weighted by Gasteiger charge is -2.28. The Balaban J connectivity index is 1.85. The second-order valence-electron chi connectivity index (χ2n) is 10.8. The van der Waals surface area contributed by atoms with Crippen LogP contribution in [0.3, 0.4) is 0 Å². The number of ether oxygens (including phenoxy) is 1. The zero-order valence-electron chi connectivity index (χ0n) is 22.9. The van der Waals surface area contributed by atoms with Gasteiger partial charge < -0.3 is 10.1 Å². The number of carbonyl (C=O) groups excluding carboxylic acids is 1. The number of nitrogens with one attached hydrogen (secondary N) is 1. The van der Waals surface area contributed by atoms with Crippen LogP contribution >= 0.6 is 0 Å². The minimum atomic E-state index is -4.39. The number of halogens is 3. The number of sulfone groups is 1. The Morgan fingerprint density at radius 1 is 1.23 bits per heavy atom. The van der Waals surface area contributed by atoms with Gasteiger partial charge in [0.1, 0.15) is 27.2 Å². The Labute approximate surface area is 227 Å². The van der Waals surface area contributed by atoms with Crippen LogP contribution in [0.5, 0.6) is 5.75 Å². The van der Waals surface area contributed by atoms with Crippen molar-refractivity contribution in [1.29, 1.82) is 5.26 Å². The molecule has 1 saturated carbocycles.